The van der Waals surface area contributed by atoms with Gasteiger partial charge in [-0.1, -0.05) is 30.3 Å². The van der Waals surface area contributed by atoms with Crippen LogP contribution in [0.2, 0.25) is 0 Å². The smallest absolute Gasteiger partial charge is 0.294 e. The maximum Gasteiger partial charge on any atom is 0.294 e. The summed E-state index contributed by atoms with van der Waals surface area (Å²) in [6.45, 7) is 1.57. The first-order chi connectivity index (χ1) is 21.6. The van der Waals surface area contributed by atoms with E-state index in [1.807, 2.05) is 43.3 Å². The summed E-state index contributed by atoms with van der Waals surface area (Å²) in [6, 6.07) is 21.3. The molecule has 0 unspecified atom stereocenters. The molecule has 0 saturated carbocycles. The third-order valence-electron chi connectivity index (χ3n) is 7.82. The second-order valence-corrected chi connectivity index (χ2v) is 11.2. The number of pyridine rings is 1. The summed E-state index contributed by atoms with van der Waals surface area (Å²) in [5.74, 6) is -3.30. The molecule has 5 rings (SSSR count). The Kier molecular flexibility index (Phi) is 9.42. The summed E-state index contributed by atoms with van der Waals surface area (Å²) in [5.41, 5.74) is 2.77. The molecule has 1 aliphatic rings. The van der Waals surface area contributed by atoms with Crippen LogP contribution >= 0.6 is 0 Å². The van der Waals surface area contributed by atoms with E-state index in [9.17, 15) is 28.3 Å². The molecule has 1 aromatic heterocycles. The summed E-state index contributed by atoms with van der Waals surface area (Å²) < 4.78 is 29.2. The van der Waals surface area contributed by atoms with Crippen LogP contribution in [0.4, 0.5) is 20.2 Å². The number of aliphatic hydroxyl groups is 1. The first-order valence-corrected chi connectivity index (χ1v) is 14.6. The van der Waals surface area contributed by atoms with Gasteiger partial charge in [0.1, 0.15) is 17.4 Å². The van der Waals surface area contributed by atoms with Gasteiger partial charge in [0.05, 0.1) is 12.1 Å². The number of amides is 1. The Morgan fingerprint density at radius 2 is 1.56 bits per heavy atom. The van der Waals surface area contributed by atoms with Crippen molar-refractivity contribution in [3.8, 4) is 0 Å². The van der Waals surface area contributed by atoms with Crippen LogP contribution in [0.15, 0.2) is 95.9 Å². The number of nitrogens with zero attached hydrogens (tertiary/aromatic N) is 4. The molecule has 1 N–H and O–H groups in total. The molecule has 45 heavy (non-hydrogen) atoms. The molecule has 1 fully saturated rings. The van der Waals surface area contributed by atoms with Crippen LogP contribution in [0.5, 0.6) is 0 Å². The van der Waals surface area contributed by atoms with Gasteiger partial charge in [-0.05, 0) is 66.1 Å². The molecule has 2 heterocycles. The van der Waals surface area contributed by atoms with E-state index in [-0.39, 0.29) is 24.1 Å². The zero-order valence-corrected chi connectivity index (χ0v) is 25.1. The molecule has 3 aromatic carbocycles. The van der Waals surface area contributed by atoms with Gasteiger partial charge in [-0.25, -0.2) is 8.78 Å². The van der Waals surface area contributed by atoms with E-state index in [1.165, 1.54) is 46.0 Å². The predicted octanol–water partition coefficient (Wildman–Crippen LogP) is 4.65. The number of rotatable bonds is 9. The highest BCUT2D eigenvalue weighted by atomic mass is 19.1. The highest BCUT2D eigenvalue weighted by molar-refractivity contribution is 6.41. The van der Waals surface area contributed by atoms with Crippen LogP contribution in [0.25, 0.3) is 5.76 Å². The molecule has 0 atom stereocenters. The molecule has 1 saturated heterocycles. The van der Waals surface area contributed by atoms with Gasteiger partial charge in [-0.15, -0.1) is 0 Å². The lowest BCUT2D eigenvalue weighted by molar-refractivity contribution is -0.142. The van der Waals surface area contributed by atoms with Gasteiger partial charge in [-0.3, -0.25) is 14.4 Å². The van der Waals surface area contributed by atoms with Gasteiger partial charge in [0.2, 0.25) is 5.78 Å². The normalized spacial score (nSPS) is 13.6. The van der Waals surface area contributed by atoms with Crippen molar-refractivity contribution < 1.29 is 23.5 Å². The molecule has 0 bridgehead atoms. The quantitative estimate of drug-likeness (QED) is 0.168. The Morgan fingerprint density at radius 3 is 2.20 bits per heavy atom. The average Bonchev–Trinajstić information content (AvgIpc) is 3.04. The van der Waals surface area contributed by atoms with Crippen molar-refractivity contribution >= 4 is 28.8 Å². The van der Waals surface area contributed by atoms with Crippen LogP contribution in [-0.4, -0.2) is 66.5 Å². The van der Waals surface area contributed by atoms with Gasteiger partial charge in [0.25, 0.3) is 11.5 Å². The van der Waals surface area contributed by atoms with Gasteiger partial charge in [-0.2, -0.15) is 0 Å². The van der Waals surface area contributed by atoms with Crippen LogP contribution in [0, 0.1) is 11.6 Å². The average molecular weight is 613 g/mol. The van der Waals surface area contributed by atoms with Crippen molar-refractivity contribution in [2.24, 2.45) is 0 Å². The molecule has 8 nitrogen and oxygen atoms in total. The van der Waals surface area contributed by atoms with Crippen molar-refractivity contribution in [2.45, 2.75) is 13.0 Å². The molecule has 1 amide bonds. The Balaban J connectivity index is 1.34. The van der Waals surface area contributed by atoms with Gasteiger partial charge in [0.15, 0.2) is 0 Å². The second-order valence-electron chi connectivity index (χ2n) is 11.2. The number of ketones is 1. The number of piperazine rings is 1. The predicted molar refractivity (Wildman–Crippen MR) is 171 cm³/mol. The fraction of sp³-hybridized carbons (Fsp3) is 0.229. The van der Waals surface area contributed by atoms with Crippen molar-refractivity contribution in [3.05, 3.63) is 135 Å². The van der Waals surface area contributed by atoms with E-state index >= 15 is 0 Å². The zero-order valence-electron chi connectivity index (χ0n) is 25.1. The van der Waals surface area contributed by atoms with Crippen LogP contribution in [-0.2, 0) is 22.6 Å². The van der Waals surface area contributed by atoms with E-state index in [2.05, 4.69) is 4.90 Å². The first-order valence-electron chi connectivity index (χ1n) is 14.6. The van der Waals surface area contributed by atoms with Crippen LogP contribution in [0.1, 0.15) is 22.3 Å². The third kappa shape index (κ3) is 7.46. The zero-order chi connectivity index (χ0) is 32.1. The number of anilines is 2. The van der Waals surface area contributed by atoms with Crippen molar-refractivity contribution in [3.63, 3.8) is 0 Å². The van der Waals surface area contributed by atoms with Crippen LogP contribution in [0.3, 0.4) is 0 Å². The number of aliphatic hydroxyl groups excluding tert-OH is 1. The topological polar surface area (TPSA) is 86.1 Å². The number of benzene rings is 3. The minimum atomic E-state index is -0.958. The van der Waals surface area contributed by atoms with E-state index in [4.69, 9.17) is 0 Å². The minimum Gasteiger partial charge on any atom is -0.507 e. The lowest BCUT2D eigenvalue weighted by Gasteiger charge is -2.35. The van der Waals surface area contributed by atoms with E-state index in [0.29, 0.717) is 31.7 Å². The molecule has 0 spiro atoms. The molecule has 0 aliphatic carbocycles. The highest BCUT2D eigenvalue weighted by Crippen LogP contribution is 2.21. The summed E-state index contributed by atoms with van der Waals surface area (Å²) in [4.78, 5) is 45.0. The number of aromatic nitrogens is 1. The third-order valence-corrected chi connectivity index (χ3v) is 7.82. The van der Waals surface area contributed by atoms with Gasteiger partial charge < -0.3 is 24.4 Å². The van der Waals surface area contributed by atoms with E-state index in [1.54, 1.807) is 24.3 Å². The Morgan fingerprint density at radius 1 is 0.889 bits per heavy atom. The fourth-order valence-corrected chi connectivity index (χ4v) is 5.29. The Bertz CT molecular complexity index is 1780. The van der Waals surface area contributed by atoms with Crippen molar-refractivity contribution in [2.75, 3.05) is 50.1 Å². The SMILES string of the molecule is CN(C)c1ccc(N2CCN(C(=O)C(=O)C=C(O)c3cc(Cc4ccc(F)cc4)cn(Cc4ccccc4F)c3=O)CC2)cc1. The first kappa shape index (κ1) is 31.2. The molecule has 10 heteroatoms. The molecule has 232 valence electrons. The monoisotopic (exact) mass is 612 g/mol. The van der Waals surface area contributed by atoms with Gasteiger partial charge in [0, 0.05) is 69.5 Å². The van der Waals surface area contributed by atoms with Crippen molar-refractivity contribution in [1.82, 2.24) is 9.47 Å². The fourth-order valence-electron chi connectivity index (χ4n) is 5.29. The standard InChI is InChI=1S/C35H34F2N4O4/c1-38(2)28-11-13-29(14-12-28)39-15-17-40(18-16-39)35(45)33(43)21-32(42)30-20-25(19-24-7-9-27(36)10-8-24)22-41(34(30)44)23-26-5-3-4-6-31(26)37/h3-14,20-22,42H,15-19,23H2,1-2H3. The van der Waals surface area contributed by atoms with E-state index < -0.39 is 34.6 Å². The molecule has 0 radical (unpaired) electrons. The lowest BCUT2D eigenvalue weighted by Crippen LogP contribution is -2.50. The largest absolute Gasteiger partial charge is 0.507 e. The highest BCUT2D eigenvalue weighted by Gasteiger charge is 2.26. The lowest BCUT2D eigenvalue weighted by atomic mass is 10.0. The Labute approximate surface area is 260 Å². The molecule has 4 aromatic rings. The summed E-state index contributed by atoms with van der Waals surface area (Å²) in [6.07, 6.45) is 2.57. The number of hydrogen-bond donors (Lipinski definition) is 1. The second kappa shape index (κ2) is 13.6. The summed E-state index contributed by atoms with van der Waals surface area (Å²) >= 11 is 0. The minimum absolute atomic E-state index is 0.127. The van der Waals surface area contributed by atoms with Crippen molar-refractivity contribution in [1.29, 1.82) is 0 Å². The number of carbonyl (C=O) groups excluding carboxylic acids is 2. The molecular formula is C35H34F2N4O4. The van der Waals surface area contributed by atoms with Gasteiger partial charge >= 0.3 is 0 Å². The summed E-state index contributed by atoms with van der Waals surface area (Å²) in [5, 5.41) is 11.0. The number of carbonyl (C=O) groups is 2. The van der Waals surface area contributed by atoms with E-state index in [0.717, 1.165) is 23.0 Å². The maximum absolute atomic E-state index is 14.5. The number of hydrogen-bond acceptors (Lipinski definition) is 6. The molecular weight excluding hydrogens is 578 g/mol. The van der Waals surface area contributed by atoms with Crippen LogP contribution < -0.4 is 15.4 Å². The summed E-state index contributed by atoms with van der Waals surface area (Å²) in [7, 11) is 3.93. The Hall–Kier alpha value is -5.25. The molecule has 1 aliphatic heterocycles. The number of halogens is 2. The maximum atomic E-state index is 14.5.